The van der Waals surface area contributed by atoms with Crippen LogP contribution in [0.25, 0.3) is 0 Å². The number of rotatable bonds is 5. The lowest BCUT2D eigenvalue weighted by Crippen LogP contribution is -2.27. The summed E-state index contributed by atoms with van der Waals surface area (Å²) in [7, 11) is -3.55. The van der Waals surface area contributed by atoms with Gasteiger partial charge in [-0.1, -0.05) is 12.1 Å². The van der Waals surface area contributed by atoms with E-state index in [0.717, 1.165) is 0 Å². The van der Waals surface area contributed by atoms with Gasteiger partial charge in [-0.15, -0.1) is 11.6 Å². The van der Waals surface area contributed by atoms with Gasteiger partial charge in [0.05, 0.1) is 4.92 Å². The van der Waals surface area contributed by atoms with Gasteiger partial charge in [-0.05, 0) is 12.5 Å². The molecule has 1 aromatic carbocycles. The third-order valence-corrected chi connectivity index (χ3v) is 3.94. The van der Waals surface area contributed by atoms with E-state index in [1.54, 1.807) is 13.0 Å². The number of benzene rings is 1. The van der Waals surface area contributed by atoms with Gasteiger partial charge in [-0.3, -0.25) is 10.1 Å². The van der Waals surface area contributed by atoms with Gasteiger partial charge in [0.1, 0.15) is 5.21 Å². The Hall–Kier alpha value is -1.18. The van der Waals surface area contributed by atoms with E-state index >= 15 is 0 Å². The minimum Gasteiger partial charge on any atom is -0.258 e. The molecule has 0 aliphatic carbocycles. The van der Waals surface area contributed by atoms with Crippen molar-refractivity contribution in [1.82, 2.24) is 4.72 Å². The second-order valence-electron chi connectivity index (χ2n) is 3.42. The topological polar surface area (TPSA) is 89.3 Å². The maximum Gasteiger partial charge on any atom is 0.269 e. The molecule has 1 atom stereocenters. The molecule has 17 heavy (non-hydrogen) atoms. The third kappa shape index (κ3) is 3.95. The number of hydrogen-bond acceptors (Lipinski definition) is 4. The van der Waals surface area contributed by atoms with Crippen molar-refractivity contribution < 1.29 is 13.3 Å². The zero-order chi connectivity index (χ0) is 13.1. The molecule has 1 rings (SSSR count). The first-order valence-corrected chi connectivity index (χ1v) is 6.85. The summed E-state index contributed by atoms with van der Waals surface area (Å²) in [5.74, 6) is 0. The molecule has 0 spiro atoms. The fraction of sp³-hybridized carbons (Fsp3) is 0.333. The summed E-state index contributed by atoms with van der Waals surface area (Å²) in [6.45, 7) is 1.59. The quantitative estimate of drug-likeness (QED) is 0.505. The van der Waals surface area contributed by atoms with Crippen LogP contribution in [0.5, 0.6) is 0 Å². The van der Waals surface area contributed by atoms with Gasteiger partial charge in [-0.25, -0.2) is 13.1 Å². The molecule has 1 aromatic rings. The van der Waals surface area contributed by atoms with Gasteiger partial charge in [-0.2, -0.15) is 0 Å². The van der Waals surface area contributed by atoms with Gasteiger partial charge in [0.15, 0.2) is 0 Å². The largest absolute Gasteiger partial charge is 0.269 e. The van der Waals surface area contributed by atoms with Crippen molar-refractivity contribution in [2.24, 2.45) is 0 Å². The highest BCUT2D eigenvalue weighted by atomic mass is 35.5. The zero-order valence-corrected chi connectivity index (χ0v) is 10.5. The van der Waals surface area contributed by atoms with E-state index in [-0.39, 0.29) is 5.69 Å². The molecule has 1 N–H and O–H groups in total. The molecule has 0 aliphatic heterocycles. The molecule has 0 aromatic heterocycles. The van der Waals surface area contributed by atoms with Crippen LogP contribution in [-0.2, 0) is 10.0 Å². The number of nitro groups is 1. The number of halogens is 1. The van der Waals surface area contributed by atoms with Gasteiger partial charge in [0.2, 0.25) is 10.0 Å². The summed E-state index contributed by atoms with van der Waals surface area (Å²) in [6, 6.07) is 5.19. The lowest BCUT2D eigenvalue weighted by atomic mass is 10.1. The highest BCUT2D eigenvalue weighted by molar-refractivity contribution is 7.90. The van der Waals surface area contributed by atoms with Crippen molar-refractivity contribution in [2.45, 2.75) is 13.0 Å². The summed E-state index contributed by atoms with van der Waals surface area (Å²) in [6.07, 6.45) is 0. The lowest BCUT2D eigenvalue weighted by molar-refractivity contribution is -0.384. The SMILES string of the molecule is CC(NS(=O)(=O)CCl)c1cccc([N+](=O)[O-])c1. The number of alkyl halides is 1. The minimum atomic E-state index is -3.55. The number of hydrogen-bond donors (Lipinski definition) is 1. The van der Waals surface area contributed by atoms with Crippen molar-refractivity contribution >= 4 is 27.3 Å². The molecule has 0 heterocycles. The molecule has 6 nitrogen and oxygen atoms in total. The van der Waals surface area contributed by atoms with Gasteiger partial charge >= 0.3 is 0 Å². The first-order valence-electron chi connectivity index (χ1n) is 4.66. The van der Waals surface area contributed by atoms with Crippen LogP contribution in [0, 0.1) is 10.1 Å². The van der Waals surface area contributed by atoms with E-state index in [1.165, 1.54) is 18.2 Å². The Balaban J connectivity index is 2.93. The van der Waals surface area contributed by atoms with Crippen LogP contribution in [0.1, 0.15) is 18.5 Å². The first-order chi connectivity index (χ1) is 7.85. The van der Waals surface area contributed by atoms with Gasteiger partial charge in [0.25, 0.3) is 5.69 Å². The molecular formula is C9H11ClN2O4S. The van der Waals surface area contributed by atoms with Crippen LogP contribution in [0.4, 0.5) is 5.69 Å². The van der Waals surface area contributed by atoms with E-state index < -0.39 is 26.2 Å². The van der Waals surface area contributed by atoms with Crippen molar-refractivity contribution in [1.29, 1.82) is 0 Å². The third-order valence-electron chi connectivity index (χ3n) is 2.08. The highest BCUT2D eigenvalue weighted by Gasteiger charge is 2.16. The van der Waals surface area contributed by atoms with Crippen LogP contribution in [-0.4, -0.2) is 18.6 Å². The first kappa shape index (κ1) is 13.9. The molecular weight excluding hydrogens is 268 g/mol. The van der Waals surface area contributed by atoms with E-state index in [1.807, 2.05) is 0 Å². The van der Waals surface area contributed by atoms with Crippen LogP contribution in [0.3, 0.4) is 0 Å². The average molecular weight is 279 g/mol. The van der Waals surface area contributed by atoms with Gasteiger partial charge in [0, 0.05) is 18.2 Å². The molecule has 0 aliphatic rings. The molecule has 0 radical (unpaired) electrons. The van der Waals surface area contributed by atoms with Crippen LogP contribution < -0.4 is 4.72 Å². The van der Waals surface area contributed by atoms with Crippen molar-refractivity contribution in [2.75, 3.05) is 5.21 Å². The molecule has 0 fully saturated rings. The Kier molecular flexibility index (Phi) is 4.44. The number of nitro benzene ring substituents is 1. The Labute approximate surface area is 104 Å². The fourth-order valence-corrected chi connectivity index (χ4v) is 2.20. The molecule has 1 unspecified atom stereocenters. The molecule has 0 amide bonds. The Morgan fingerprint density at radius 3 is 2.71 bits per heavy atom. The second kappa shape index (κ2) is 5.44. The smallest absolute Gasteiger partial charge is 0.258 e. The predicted molar refractivity (Wildman–Crippen MR) is 64.3 cm³/mol. The molecule has 94 valence electrons. The average Bonchev–Trinajstić information content (AvgIpc) is 2.28. The van der Waals surface area contributed by atoms with Crippen molar-refractivity contribution in [3.8, 4) is 0 Å². The maximum atomic E-state index is 11.2. The standard InChI is InChI=1S/C9H11ClN2O4S/c1-7(11-17(15,16)6-10)8-3-2-4-9(5-8)12(13)14/h2-5,7,11H,6H2,1H3. The Bertz CT molecular complexity index is 517. The van der Waals surface area contributed by atoms with E-state index in [2.05, 4.69) is 4.72 Å². The second-order valence-corrected chi connectivity index (χ2v) is 5.75. The molecule has 0 saturated carbocycles. The number of nitrogens with zero attached hydrogens (tertiary/aromatic N) is 1. The number of non-ortho nitro benzene ring substituents is 1. The predicted octanol–water partition coefficient (Wildman–Crippen LogP) is 1.77. The highest BCUT2D eigenvalue weighted by Crippen LogP contribution is 2.19. The van der Waals surface area contributed by atoms with Crippen molar-refractivity contribution in [3.63, 3.8) is 0 Å². The summed E-state index contributed by atoms with van der Waals surface area (Å²) in [5, 5.41) is 10.0. The van der Waals surface area contributed by atoms with Crippen LogP contribution in [0.15, 0.2) is 24.3 Å². The fourth-order valence-electron chi connectivity index (χ4n) is 1.28. The van der Waals surface area contributed by atoms with Crippen LogP contribution in [0.2, 0.25) is 0 Å². The van der Waals surface area contributed by atoms with Crippen LogP contribution >= 0.6 is 11.6 Å². The Morgan fingerprint density at radius 1 is 1.53 bits per heavy atom. The monoisotopic (exact) mass is 278 g/mol. The van der Waals surface area contributed by atoms with Gasteiger partial charge < -0.3 is 0 Å². The molecule has 8 heteroatoms. The number of nitrogens with one attached hydrogen (secondary N) is 1. The molecule has 0 saturated heterocycles. The van der Waals surface area contributed by atoms with E-state index in [9.17, 15) is 18.5 Å². The van der Waals surface area contributed by atoms with Crippen molar-refractivity contribution in [3.05, 3.63) is 39.9 Å². The zero-order valence-electron chi connectivity index (χ0n) is 8.96. The summed E-state index contributed by atoms with van der Waals surface area (Å²) in [5.41, 5.74) is 0.423. The van der Waals surface area contributed by atoms with E-state index in [0.29, 0.717) is 5.56 Å². The lowest BCUT2D eigenvalue weighted by Gasteiger charge is -2.12. The summed E-state index contributed by atoms with van der Waals surface area (Å²) >= 11 is 5.25. The normalized spacial score (nSPS) is 13.3. The summed E-state index contributed by atoms with van der Waals surface area (Å²) in [4.78, 5) is 10.0. The molecule has 0 bridgehead atoms. The summed E-state index contributed by atoms with van der Waals surface area (Å²) < 4.78 is 24.8. The maximum absolute atomic E-state index is 11.2. The minimum absolute atomic E-state index is 0.0839. The Morgan fingerprint density at radius 2 is 2.18 bits per heavy atom. The number of sulfonamides is 1. The van der Waals surface area contributed by atoms with E-state index in [4.69, 9.17) is 11.6 Å².